The number of aromatic nitrogens is 5. The number of thioether (sulfide) groups is 1. The van der Waals surface area contributed by atoms with Crippen molar-refractivity contribution in [1.82, 2.24) is 25.1 Å². The predicted molar refractivity (Wildman–Crippen MR) is 126 cm³/mol. The van der Waals surface area contributed by atoms with E-state index in [1.54, 1.807) is 6.07 Å². The second kappa shape index (κ2) is 9.00. The Morgan fingerprint density at radius 3 is 2.72 bits per heavy atom. The number of nitrogens with one attached hydrogen (secondary N) is 1. The summed E-state index contributed by atoms with van der Waals surface area (Å²) >= 11 is 1.42. The van der Waals surface area contributed by atoms with Crippen LogP contribution < -0.4 is 10.5 Å². The smallest absolute Gasteiger partial charge is 0.225 e. The van der Waals surface area contributed by atoms with E-state index < -0.39 is 0 Å². The Morgan fingerprint density at radius 2 is 1.88 bits per heavy atom. The number of nitrogen functional groups attached to an aromatic ring is 1. The molecule has 0 saturated heterocycles. The van der Waals surface area contributed by atoms with Gasteiger partial charge in [-0.2, -0.15) is 10.1 Å². The van der Waals surface area contributed by atoms with Gasteiger partial charge in [-0.1, -0.05) is 30.0 Å². The molecule has 0 radical (unpaired) electrons. The van der Waals surface area contributed by atoms with Gasteiger partial charge in [0, 0.05) is 18.1 Å². The maximum absolute atomic E-state index is 5.84. The number of nitrogens with zero attached hydrogens (tertiary/aromatic N) is 4. The van der Waals surface area contributed by atoms with Crippen LogP contribution in [0.2, 0.25) is 0 Å². The lowest BCUT2D eigenvalue weighted by Crippen LogP contribution is -2.07. The van der Waals surface area contributed by atoms with Crippen LogP contribution in [0.4, 0.5) is 5.82 Å². The first-order valence-electron chi connectivity index (χ1n) is 10.7. The maximum Gasteiger partial charge on any atom is 0.225 e. The molecule has 8 heteroatoms. The molecule has 2 heterocycles. The Balaban J connectivity index is 1.30. The van der Waals surface area contributed by atoms with Crippen LogP contribution in [0.1, 0.15) is 35.4 Å². The minimum absolute atomic E-state index is 0.379. The van der Waals surface area contributed by atoms with Crippen molar-refractivity contribution in [3.63, 3.8) is 0 Å². The molecule has 0 amide bonds. The van der Waals surface area contributed by atoms with E-state index in [0.29, 0.717) is 28.4 Å². The summed E-state index contributed by atoms with van der Waals surface area (Å²) in [6, 6.07) is 15.8. The first-order chi connectivity index (χ1) is 15.7. The third-order valence-corrected chi connectivity index (χ3v) is 6.15. The molecule has 162 valence electrons. The van der Waals surface area contributed by atoms with Crippen molar-refractivity contribution < 1.29 is 4.74 Å². The lowest BCUT2D eigenvalue weighted by atomic mass is 9.87. The molecule has 5 rings (SSSR count). The average molecular weight is 445 g/mol. The van der Waals surface area contributed by atoms with Crippen LogP contribution in [0.5, 0.6) is 11.6 Å². The highest BCUT2D eigenvalue weighted by Crippen LogP contribution is 2.27. The van der Waals surface area contributed by atoms with Crippen LogP contribution in [0.15, 0.2) is 53.7 Å². The van der Waals surface area contributed by atoms with E-state index in [-0.39, 0.29) is 0 Å². The van der Waals surface area contributed by atoms with E-state index in [9.17, 15) is 0 Å². The van der Waals surface area contributed by atoms with Crippen molar-refractivity contribution in [3.05, 3.63) is 71.0 Å². The van der Waals surface area contributed by atoms with E-state index in [1.807, 2.05) is 30.5 Å². The van der Waals surface area contributed by atoms with Crippen molar-refractivity contribution in [1.29, 1.82) is 0 Å². The highest BCUT2D eigenvalue weighted by molar-refractivity contribution is 7.98. The molecule has 7 nitrogen and oxygen atoms in total. The number of rotatable bonds is 6. The quantitative estimate of drug-likeness (QED) is 0.324. The molecule has 0 fully saturated rings. The fraction of sp³-hybridized carbons (Fsp3) is 0.250. The molecule has 32 heavy (non-hydrogen) atoms. The van der Waals surface area contributed by atoms with Gasteiger partial charge in [0.1, 0.15) is 17.4 Å². The van der Waals surface area contributed by atoms with Gasteiger partial charge in [0.2, 0.25) is 5.88 Å². The van der Waals surface area contributed by atoms with Gasteiger partial charge in [0.15, 0.2) is 11.0 Å². The molecule has 2 aromatic heterocycles. The molecular formula is C24H24N6OS. The highest BCUT2D eigenvalue weighted by Gasteiger charge is 2.15. The van der Waals surface area contributed by atoms with Crippen molar-refractivity contribution in [3.8, 4) is 23.0 Å². The van der Waals surface area contributed by atoms with Crippen molar-refractivity contribution in [2.24, 2.45) is 0 Å². The molecule has 4 aromatic rings. The van der Waals surface area contributed by atoms with E-state index >= 15 is 0 Å². The zero-order valence-electron chi connectivity index (χ0n) is 17.8. The lowest BCUT2D eigenvalue weighted by molar-refractivity contribution is 0.456. The van der Waals surface area contributed by atoms with Gasteiger partial charge in [-0.3, -0.25) is 5.10 Å². The number of nitrogens with two attached hydrogens (primary N) is 1. The van der Waals surface area contributed by atoms with Gasteiger partial charge in [0.25, 0.3) is 0 Å². The van der Waals surface area contributed by atoms with E-state index in [1.165, 1.54) is 47.7 Å². The minimum atomic E-state index is 0.379. The summed E-state index contributed by atoms with van der Waals surface area (Å²) in [6.45, 7) is 0. The summed E-state index contributed by atoms with van der Waals surface area (Å²) in [7, 11) is 0. The second-order valence-corrected chi connectivity index (χ2v) is 8.56. The Hall–Kier alpha value is -3.39. The molecule has 0 bridgehead atoms. The first kappa shape index (κ1) is 20.5. The van der Waals surface area contributed by atoms with Crippen LogP contribution >= 0.6 is 11.8 Å². The Morgan fingerprint density at radius 1 is 1.03 bits per heavy atom. The van der Waals surface area contributed by atoms with Crippen LogP contribution in [-0.2, 0) is 19.3 Å². The molecule has 1 aliphatic rings. The molecule has 0 atom stereocenters. The molecule has 3 N–H and O–H groups in total. The SMILES string of the molecule is CSc1nc(N)cc(Oc2ccc(-c3n[nH]c(Cc4cccc5c4CCCC5)n3)cc2)n1. The maximum atomic E-state index is 5.84. The molecule has 0 aliphatic heterocycles. The number of aromatic amines is 1. The fourth-order valence-corrected chi connectivity index (χ4v) is 4.44. The summed E-state index contributed by atoms with van der Waals surface area (Å²) in [4.78, 5) is 13.2. The van der Waals surface area contributed by atoms with E-state index in [2.05, 4.69) is 38.4 Å². The summed E-state index contributed by atoms with van der Waals surface area (Å²) < 4.78 is 5.84. The number of hydrogen-bond donors (Lipinski definition) is 2. The van der Waals surface area contributed by atoms with Gasteiger partial charge in [-0.05, 0) is 72.9 Å². The summed E-state index contributed by atoms with van der Waals surface area (Å²) in [5.41, 5.74) is 11.1. The van der Waals surface area contributed by atoms with Crippen molar-refractivity contribution >= 4 is 17.6 Å². The number of anilines is 1. The second-order valence-electron chi connectivity index (χ2n) is 7.79. The largest absolute Gasteiger partial charge is 0.439 e. The number of benzene rings is 2. The van der Waals surface area contributed by atoms with Gasteiger partial charge < -0.3 is 10.5 Å². The summed E-state index contributed by atoms with van der Waals surface area (Å²) in [6.07, 6.45) is 7.55. The molecule has 1 aliphatic carbocycles. The van der Waals surface area contributed by atoms with Gasteiger partial charge in [0.05, 0.1) is 0 Å². The highest BCUT2D eigenvalue weighted by atomic mass is 32.2. The fourth-order valence-electron chi connectivity index (χ4n) is 4.07. The number of aryl methyl sites for hydroxylation is 1. The normalized spacial score (nSPS) is 13.0. The number of ether oxygens (including phenoxy) is 1. The zero-order chi connectivity index (χ0) is 21.9. The average Bonchev–Trinajstić information content (AvgIpc) is 3.28. The monoisotopic (exact) mass is 444 g/mol. The summed E-state index contributed by atoms with van der Waals surface area (Å²) in [5, 5.41) is 8.11. The van der Waals surface area contributed by atoms with Gasteiger partial charge >= 0.3 is 0 Å². The first-order valence-corrected chi connectivity index (χ1v) is 11.9. The molecule has 2 aromatic carbocycles. The number of H-pyrrole nitrogens is 1. The van der Waals surface area contributed by atoms with Crippen molar-refractivity contribution in [2.75, 3.05) is 12.0 Å². The van der Waals surface area contributed by atoms with Crippen LogP contribution in [0.3, 0.4) is 0 Å². The molecule has 0 unspecified atom stereocenters. The van der Waals surface area contributed by atoms with Crippen molar-refractivity contribution in [2.45, 2.75) is 37.3 Å². The van der Waals surface area contributed by atoms with Crippen LogP contribution in [-0.4, -0.2) is 31.4 Å². The molecular weight excluding hydrogens is 420 g/mol. The number of fused-ring (bicyclic) bond motifs is 1. The minimum Gasteiger partial charge on any atom is -0.439 e. The standard InChI is InChI=1S/C24H24N6OS/c1-32-24-26-20(25)14-22(28-24)31-18-11-9-16(10-12-18)23-27-21(29-30-23)13-17-7-4-6-15-5-2-3-8-19(15)17/h4,6-7,9-12,14H,2-3,5,8,13H2,1H3,(H2,25,26,28)(H,27,29,30). The summed E-state index contributed by atoms with van der Waals surface area (Å²) in [5.74, 6) is 3.00. The third-order valence-electron chi connectivity index (χ3n) is 5.60. The van der Waals surface area contributed by atoms with Gasteiger partial charge in [-0.15, -0.1) is 0 Å². The predicted octanol–water partition coefficient (Wildman–Crippen LogP) is 4.83. The Labute approximate surface area is 190 Å². The van der Waals surface area contributed by atoms with Crippen LogP contribution in [0, 0.1) is 0 Å². The van der Waals surface area contributed by atoms with Crippen LogP contribution in [0.25, 0.3) is 11.4 Å². The zero-order valence-corrected chi connectivity index (χ0v) is 18.7. The molecule has 0 saturated carbocycles. The molecule has 0 spiro atoms. The lowest BCUT2D eigenvalue weighted by Gasteiger charge is -2.18. The van der Waals surface area contributed by atoms with E-state index in [4.69, 9.17) is 15.5 Å². The number of hydrogen-bond acceptors (Lipinski definition) is 7. The van der Waals surface area contributed by atoms with Gasteiger partial charge in [-0.25, -0.2) is 9.97 Å². The topological polar surface area (TPSA) is 103 Å². The Bertz CT molecular complexity index is 1240. The van der Waals surface area contributed by atoms with E-state index in [0.717, 1.165) is 24.2 Å². The third kappa shape index (κ3) is 4.45. The Kier molecular flexibility index (Phi) is 5.77.